The molecule has 0 radical (unpaired) electrons. The highest BCUT2D eigenvalue weighted by Gasteiger charge is 2.50. The molecule has 22 heavy (non-hydrogen) atoms. The summed E-state index contributed by atoms with van der Waals surface area (Å²) < 4.78 is 26.0. The molecule has 126 valence electrons. The van der Waals surface area contributed by atoms with Crippen LogP contribution in [0.1, 0.15) is 20.8 Å². The molecule has 1 aliphatic rings. The standard InChI is InChI=1S/C13H19ClO8/c1-7(15)19-6-10-11(20-8(2)16)12(21-9(3)17)13(22-10)18-5-4-14/h10-13H,4-6H2,1-3H3/t10-,11-,12+,13+/m1/s1. The fourth-order valence-electron chi connectivity index (χ4n) is 1.97. The molecule has 1 rings (SSSR count). The molecule has 1 aliphatic heterocycles. The minimum absolute atomic E-state index is 0.150. The van der Waals surface area contributed by atoms with Crippen LogP contribution >= 0.6 is 11.6 Å². The van der Waals surface area contributed by atoms with Gasteiger partial charge in [0.15, 0.2) is 18.5 Å². The van der Waals surface area contributed by atoms with Crippen molar-refractivity contribution in [1.29, 1.82) is 0 Å². The van der Waals surface area contributed by atoms with E-state index < -0.39 is 42.5 Å². The van der Waals surface area contributed by atoms with Gasteiger partial charge >= 0.3 is 17.9 Å². The average Bonchev–Trinajstić information content (AvgIpc) is 2.71. The third-order valence-corrected chi connectivity index (χ3v) is 2.84. The van der Waals surface area contributed by atoms with E-state index in [0.29, 0.717) is 0 Å². The van der Waals surface area contributed by atoms with Gasteiger partial charge in [0.25, 0.3) is 0 Å². The monoisotopic (exact) mass is 338 g/mol. The molecule has 0 bridgehead atoms. The number of ether oxygens (including phenoxy) is 5. The van der Waals surface area contributed by atoms with Crippen molar-refractivity contribution >= 4 is 29.5 Å². The molecular formula is C13H19ClO8. The van der Waals surface area contributed by atoms with Crippen LogP contribution in [-0.4, -0.2) is 61.6 Å². The quantitative estimate of drug-likeness (QED) is 0.373. The van der Waals surface area contributed by atoms with Crippen molar-refractivity contribution in [3.8, 4) is 0 Å². The maximum atomic E-state index is 11.2. The van der Waals surface area contributed by atoms with Crippen LogP contribution in [0.25, 0.3) is 0 Å². The van der Waals surface area contributed by atoms with Gasteiger partial charge in [-0.25, -0.2) is 0 Å². The molecule has 0 N–H and O–H groups in total. The van der Waals surface area contributed by atoms with E-state index in [4.69, 9.17) is 35.3 Å². The number of hydrogen-bond acceptors (Lipinski definition) is 8. The van der Waals surface area contributed by atoms with Gasteiger partial charge in [-0.15, -0.1) is 11.6 Å². The lowest BCUT2D eigenvalue weighted by Gasteiger charge is -2.23. The third kappa shape index (κ3) is 5.78. The summed E-state index contributed by atoms with van der Waals surface area (Å²) in [5, 5.41) is 0. The van der Waals surface area contributed by atoms with Gasteiger partial charge in [0.05, 0.1) is 6.61 Å². The second-order valence-corrected chi connectivity index (χ2v) is 4.93. The summed E-state index contributed by atoms with van der Waals surface area (Å²) in [5.74, 6) is -1.48. The summed E-state index contributed by atoms with van der Waals surface area (Å²) in [4.78, 5) is 33.4. The predicted octanol–water partition coefficient (Wildman–Crippen LogP) is 0.393. The Labute approximate surface area is 132 Å². The Hall–Kier alpha value is -1.38. The summed E-state index contributed by atoms with van der Waals surface area (Å²) in [6.45, 7) is 3.65. The van der Waals surface area contributed by atoms with Crippen LogP contribution in [0.4, 0.5) is 0 Å². The maximum absolute atomic E-state index is 11.2. The van der Waals surface area contributed by atoms with E-state index in [1.54, 1.807) is 0 Å². The van der Waals surface area contributed by atoms with Gasteiger partial charge in [-0.05, 0) is 0 Å². The Bertz CT molecular complexity index is 413. The van der Waals surface area contributed by atoms with E-state index in [9.17, 15) is 14.4 Å². The molecule has 1 saturated heterocycles. The zero-order valence-electron chi connectivity index (χ0n) is 12.6. The average molecular weight is 339 g/mol. The number of halogens is 1. The Morgan fingerprint density at radius 3 is 2.09 bits per heavy atom. The zero-order valence-corrected chi connectivity index (χ0v) is 13.3. The van der Waals surface area contributed by atoms with Crippen molar-refractivity contribution < 1.29 is 38.1 Å². The summed E-state index contributed by atoms with van der Waals surface area (Å²) in [6, 6.07) is 0. The lowest BCUT2D eigenvalue weighted by Crippen LogP contribution is -2.41. The normalized spacial score (nSPS) is 27.3. The smallest absolute Gasteiger partial charge is 0.303 e. The van der Waals surface area contributed by atoms with Crippen LogP contribution in [0, 0.1) is 0 Å². The number of esters is 3. The number of hydrogen-bond donors (Lipinski definition) is 0. The van der Waals surface area contributed by atoms with E-state index in [-0.39, 0.29) is 19.1 Å². The highest BCUT2D eigenvalue weighted by Crippen LogP contribution is 2.28. The minimum atomic E-state index is -0.967. The lowest BCUT2D eigenvalue weighted by molar-refractivity contribution is -0.188. The molecule has 8 nitrogen and oxygen atoms in total. The van der Waals surface area contributed by atoms with E-state index in [1.807, 2.05) is 0 Å². The Balaban J connectivity index is 2.87. The van der Waals surface area contributed by atoms with E-state index >= 15 is 0 Å². The number of carbonyl (C=O) groups is 3. The number of alkyl halides is 1. The molecule has 1 fully saturated rings. The van der Waals surface area contributed by atoms with Crippen LogP contribution in [0.5, 0.6) is 0 Å². The summed E-state index contributed by atoms with van der Waals surface area (Å²) in [7, 11) is 0. The largest absolute Gasteiger partial charge is 0.463 e. The van der Waals surface area contributed by atoms with Crippen molar-refractivity contribution in [3.05, 3.63) is 0 Å². The fourth-order valence-corrected chi connectivity index (χ4v) is 2.06. The molecule has 9 heteroatoms. The van der Waals surface area contributed by atoms with Crippen LogP contribution in [0.15, 0.2) is 0 Å². The minimum Gasteiger partial charge on any atom is -0.463 e. The van der Waals surface area contributed by atoms with E-state index in [0.717, 1.165) is 0 Å². The number of rotatable bonds is 7. The summed E-state index contributed by atoms with van der Waals surface area (Å²) in [6.07, 6.45) is -3.68. The molecular weight excluding hydrogens is 320 g/mol. The van der Waals surface area contributed by atoms with Crippen molar-refractivity contribution in [3.63, 3.8) is 0 Å². The zero-order chi connectivity index (χ0) is 16.7. The topological polar surface area (TPSA) is 97.4 Å². The Kier molecular flexibility index (Phi) is 7.57. The van der Waals surface area contributed by atoms with Gasteiger partial charge in [-0.3, -0.25) is 14.4 Å². The van der Waals surface area contributed by atoms with Gasteiger partial charge in [0.1, 0.15) is 12.7 Å². The second kappa shape index (κ2) is 8.92. The van der Waals surface area contributed by atoms with Crippen LogP contribution in [0.2, 0.25) is 0 Å². The van der Waals surface area contributed by atoms with Gasteiger partial charge in [-0.2, -0.15) is 0 Å². The molecule has 4 atom stereocenters. The SMILES string of the molecule is CC(=O)OC[C@H]1O[C@H](OCCCl)[C@@H](OC(C)=O)[C@@H]1OC(C)=O. The molecule has 0 aromatic heterocycles. The first kappa shape index (κ1) is 18.7. The Morgan fingerprint density at radius 2 is 1.59 bits per heavy atom. The van der Waals surface area contributed by atoms with E-state index in [2.05, 4.69) is 0 Å². The molecule has 0 aromatic rings. The summed E-state index contributed by atoms with van der Waals surface area (Å²) >= 11 is 5.55. The van der Waals surface area contributed by atoms with Gasteiger partial charge in [0.2, 0.25) is 0 Å². The molecule has 0 aromatic carbocycles. The van der Waals surface area contributed by atoms with Gasteiger partial charge < -0.3 is 23.7 Å². The molecule has 0 aliphatic carbocycles. The van der Waals surface area contributed by atoms with Gasteiger partial charge in [0, 0.05) is 26.7 Å². The second-order valence-electron chi connectivity index (χ2n) is 4.55. The highest BCUT2D eigenvalue weighted by atomic mass is 35.5. The van der Waals surface area contributed by atoms with Crippen LogP contribution in [-0.2, 0) is 38.1 Å². The highest BCUT2D eigenvalue weighted by molar-refractivity contribution is 6.17. The Morgan fingerprint density at radius 1 is 1.00 bits per heavy atom. The van der Waals surface area contributed by atoms with Crippen molar-refractivity contribution in [1.82, 2.24) is 0 Å². The van der Waals surface area contributed by atoms with Crippen molar-refractivity contribution in [2.75, 3.05) is 19.1 Å². The lowest BCUT2D eigenvalue weighted by atomic mass is 10.1. The predicted molar refractivity (Wildman–Crippen MR) is 73.1 cm³/mol. The van der Waals surface area contributed by atoms with Crippen molar-refractivity contribution in [2.45, 2.75) is 45.4 Å². The van der Waals surface area contributed by atoms with Crippen molar-refractivity contribution in [2.24, 2.45) is 0 Å². The molecule has 0 unspecified atom stereocenters. The maximum Gasteiger partial charge on any atom is 0.303 e. The van der Waals surface area contributed by atoms with Crippen LogP contribution in [0.3, 0.4) is 0 Å². The first-order valence-corrected chi connectivity index (χ1v) is 7.19. The van der Waals surface area contributed by atoms with E-state index in [1.165, 1.54) is 20.8 Å². The molecule has 1 heterocycles. The number of carbonyl (C=O) groups excluding carboxylic acids is 3. The first-order valence-electron chi connectivity index (χ1n) is 6.66. The van der Waals surface area contributed by atoms with Crippen LogP contribution < -0.4 is 0 Å². The fraction of sp³-hybridized carbons (Fsp3) is 0.769. The summed E-state index contributed by atoms with van der Waals surface area (Å²) in [5.41, 5.74) is 0. The molecule has 0 amide bonds. The molecule has 0 saturated carbocycles. The van der Waals surface area contributed by atoms with Gasteiger partial charge in [-0.1, -0.05) is 0 Å². The third-order valence-electron chi connectivity index (χ3n) is 2.68. The molecule has 0 spiro atoms. The first-order chi connectivity index (χ1) is 10.3.